The Morgan fingerprint density at radius 3 is 2.89 bits per heavy atom. The number of hydrogen-bond acceptors (Lipinski definition) is 3. The average molecular weight is 265 g/mol. The van der Waals surface area contributed by atoms with Crippen molar-refractivity contribution in [3.8, 4) is 0 Å². The van der Waals surface area contributed by atoms with Crippen molar-refractivity contribution in [3.63, 3.8) is 0 Å². The number of nitrogens with zero attached hydrogens (tertiary/aromatic N) is 2. The van der Waals surface area contributed by atoms with Crippen molar-refractivity contribution >= 4 is 11.6 Å². The molecule has 0 fully saturated rings. The van der Waals surface area contributed by atoms with Crippen LogP contribution in [0, 0.1) is 6.92 Å². The van der Waals surface area contributed by atoms with Gasteiger partial charge in [0.05, 0.1) is 0 Å². The number of rotatable bonds is 4. The molecule has 0 saturated heterocycles. The fourth-order valence-electron chi connectivity index (χ4n) is 2.02. The van der Waals surface area contributed by atoms with E-state index in [0.717, 1.165) is 23.5 Å². The Morgan fingerprint density at radius 1 is 1.50 bits per heavy atom. The van der Waals surface area contributed by atoms with Gasteiger partial charge in [0.2, 0.25) is 0 Å². The maximum absolute atomic E-state index is 6.28. The minimum absolute atomic E-state index is 0.201. The van der Waals surface area contributed by atoms with Crippen LogP contribution in [-0.4, -0.2) is 9.55 Å². The summed E-state index contributed by atoms with van der Waals surface area (Å²) in [4.78, 5) is 4.36. The van der Waals surface area contributed by atoms with Gasteiger partial charge in [-0.2, -0.15) is 0 Å². The zero-order chi connectivity index (χ0) is 13.1. The number of halogens is 1. The highest BCUT2D eigenvalue weighted by Gasteiger charge is 2.19. The van der Waals surface area contributed by atoms with Gasteiger partial charge < -0.3 is 4.57 Å². The number of aryl methyl sites for hydroxylation is 2. The second kappa shape index (κ2) is 5.52. The van der Waals surface area contributed by atoms with E-state index in [-0.39, 0.29) is 6.04 Å². The van der Waals surface area contributed by atoms with E-state index in [1.165, 1.54) is 0 Å². The van der Waals surface area contributed by atoms with Crippen molar-refractivity contribution in [2.45, 2.75) is 26.4 Å². The molecule has 4 nitrogen and oxygen atoms in total. The van der Waals surface area contributed by atoms with Crippen LogP contribution >= 0.6 is 11.6 Å². The Hall–Kier alpha value is -1.36. The molecule has 0 radical (unpaired) electrons. The van der Waals surface area contributed by atoms with Crippen LogP contribution in [-0.2, 0) is 6.54 Å². The second-order valence-electron chi connectivity index (χ2n) is 4.20. The van der Waals surface area contributed by atoms with Crippen molar-refractivity contribution < 1.29 is 0 Å². The Morgan fingerprint density at radius 2 is 2.28 bits per heavy atom. The van der Waals surface area contributed by atoms with Crippen molar-refractivity contribution in [2.24, 2.45) is 5.84 Å². The van der Waals surface area contributed by atoms with Crippen molar-refractivity contribution in [1.82, 2.24) is 15.0 Å². The lowest BCUT2D eigenvalue weighted by molar-refractivity contribution is 0.561. The van der Waals surface area contributed by atoms with Crippen LogP contribution in [0.15, 0.2) is 30.6 Å². The van der Waals surface area contributed by atoms with Gasteiger partial charge in [-0.15, -0.1) is 0 Å². The van der Waals surface area contributed by atoms with Crippen LogP contribution in [0.25, 0.3) is 0 Å². The molecule has 1 heterocycles. The highest BCUT2D eigenvalue weighted by molar-refractivity contribution is 6.31. The smallest absolute Gasteiger partial charge is 0.131 e. The number of hydrazine groups is 1. The summed E-state index contributed by atoms with van der Waals surface area (Å²) < 4.78 is 2.04. The number of hydrogen-bond donors (Lipinski definition) is 2. The first-order chi connectivity index (χ1) is 8.67. The fourth-order valence-corrected chi connectivity index (χ4v) is 2.36. The number of nitrogens with two attached hydrogens (primary N) is 1. The molecule has 1 unspecified atom stereocenters. The molecule has 1 aromatic heterocycles. The monoisotopic (exact) mass is 264 g/mol. The average Bonchev–Trinajstić information content (AvgIpc) is 2.81. The third kappa shape index (κ3) is 2.41. The Labute approximate surface area is 112 Å². The standard InChI is InChI=1S/C13H17ClN4/c1-3-18-7-6-16-13(18)12(17-15)10-5-4-9(2)8-11(10)14/h4-8,12,17H,3,15H2,1-2H3. The lowest BCUT2D eigenvalue weighted by atomic mass is 10.0. The maximum atomic E-state index is 6.28. The van der Waals surface area contributed by atoms with Gasteiger partial charge in [0, 0.05) is 24.0 Å². The summed E-state index contributed by atoms with van der Waals surface area (Å²) in [5, 5.41) is 0.698. The van der Waals surface area contributed by atoms with E-state index in [9.17, 15) is 0 Å². The van der Waals surface area contributed by atoms with Gasteiger partial charge >= 0.3 is 0 Å². The summed E-state index contributed by atoms with van der Waals surface area (Å²) in [6.45, 7) is 4.92. The summed E-state index contributed by atoms with van der Waals surface area (Å²) in [6.07, 6.45) is 3.70. The zero-order valence-corrected chi connectivity index (χ0v) is 11.3. The van der Waals surface area contributed by atoms with E-state index < -0.39 is 0 Å². The van der Waals surface area contributed by atoms with Crippen LogP contribution in [0.1, 0.15) is 29.9 Å². The van der Waals surface area contributed by atoms with Crippen molar-refractivity contribution in [2.75, 3.05) is 0 Å². The summed E-state index contributed by atoms with van der Waals surface area (Å²) in [5.74, 6) is 6.53. The molecule has 0 aliphatic carbocycles. The molecular weight excluding hydrogens is 248 g/mol. The molecule has 96 valence electrons. The molecule has 1 atom stereocenters. The Balaban J connectivity index is 2.45. The number of nitrogens with one attached hydrogen (secondary N) is 1. The third-order valence-electron chi connectivity index (χ3n) is 2.98. The number of imidazole rings is 1. The lowest BCUT2D eigenvalue weighted by Gasteiger charge is -2.18. The van der Waals surface area contributed by atoms with E-state index in [4.69, 9.17) is 17.4 Å². The first kappa shape index (κ1) is 13.1. The van der Waals surface area contributed by atoms with Crippen molar-refractivity contribution in [1.29, 1.82) is 0 Å². The number of aromatic nitrogens is 2. The molecule has 0 amide bonds. The van der Waals surface area contributed by atoms with E-state index in [1.54, 1.807) is 6.20 Å². The van der Waals surface area contributed by atoms with Gasteiger partial charge in [-0.05, 0) is 31.0 Å². The quantitative estimate of drug-likeness (QED) is 0.659. The van der Waals surface area contributed by atoms with Crippen LogP contribution in [0.2, 0.25) is 5.02 Å². The van der Waals surface area contributed by atoms with Crippen LogP contribution in [0.3, 0.4) is 0 Å². The van der Waals surface area contributed by atoms with E-state index in [1.807, 2.05) is 35.9 Å². The normalized spacial score (nSPS) is 12.7. The van der Waals surface area contributed by atoms with Crippen LogP contribution < -0.4 is 11.3 Å². The molecule has 0 bridgehead atoms. The third-order valence-corrected chi connectivity index (χ3v) is 3.31. The van der Waals surface area contributed by atoms with Gasteiger partial charge in [0.15, 0.2) is 0 Å². The largest absolute Gasteiger partial charge is 0.334 e. The minimum atomic E-state index is -0.201. The van der Waals surface area contributed by atoms with Gasteiger partial charge in [-0.3, -0.25) is 5.84 Å². The molecule has 0 aliphatic heterocycles. The van der Waals surface area contributed by atoms with Gasteiger partial charge in [-0.25, -0.2) is 10.4 Å². The van der Waals surface area contributed by atoms with E-state index in [0.29, 0.717) is 5.02 Å². The maximum Gasteiger partial charge on any atom is 0.131 e. The summed E-state index contributed by atoms with van der Waals surface area (Å²) in [6, 6.07) is 5.73. The van der Waals surface area contributed by atoms with E-state index in [2.05, 4.69) is 17.3 Å². The summed E-state index contributed by atoms with van der Waals surface area (Å²) >= 11 is 6.28. The first-order valence-corrected chi connectivity index (χ1v) is 6.28. The predicted octanol–water partition coefficient (Wildman–Crippen LogP) is 2.42. The van der Waals surface area contributed by atoms with Gasteiger partial charge in [0.25, 0.3) is 0 Å². The number of benzene rings is 1. The molecule has 0 spiro atoms. The summed E-state index contributed by atoms with van der Waals surface area (Å²) in [5.41, 5.74) is 4.85. The molecule has 2 aromatic rings. The molecule has 18 heavy (non-hydrogen) atoms. The predicted molar refractivity (Wildman–Crippen MR) is 73.3 cm³/mol. The fraction of sp³-hybridized carbons (Fsp3) is 0.308. The molecule has 1 aromatic carbocycles. The minimum Gasteiger partial charge on any atom is -0.334 e. The zero-order valence-electron chi connectivity index (χ0n) is 10.5. The van der Waals surface area contributed by atoms with Gasteiger partial charge in [-0.1, -0.05) is 23.7 Å². The SMILES string of the molecule is CCn1ccnc1C(NN)c1ccc(C)cc1Cl. The Bertz CT molecular complexity index is 536. The van der Waals surface area contributed by atoms with Crippen LogP contribution in [0.4, 0.5) is 0 Å². The Kier molecular flexibility index (Phi) is 4.01. The van der Waals surface area contributed by atoms with E-state index >= 15 is 0 Å². The molecule has 5 heteroatoms. The highest BCUT2D eigenvalue weighted by atomic mass is 35.5. The molecule has 3 N–H and O–H groups in total. The molecule has 0 aliphatic rings. The summed E-state index contributed by atoms with van der Waals surface area (Å²) in [7, 11) is 0. The van der Waals surface area contributed by atoms with Crippen molar-refractivity contribution in [3.05, 3.63) is 52.6 Å². The molecular formula is C13H17ClN4. The highest BCUT2D eigenvalue weighted by Crippen LogP contribution is 2.27. The topological polar surface area (TPSA) is 55.9 Å². The molecule has 2 rings (SSSR count). The van der Waals surface area contributed by atoms with Gasteiger partial charge in [0.1, 0.15) is 11.9 Å². The van der Waals surface area contributed by atoms with Crippen LogP contribution in [0.5, 0.6) is 0 Å². The first-order valence-electron chi connectivity index (χ1n) is 5.90. The lowest BCUT2D eigenvalue weighted by Crippen LogP contribution is -2.31. The second-order valence-corrected chi connectivity index (χ2v) is 4.60. The molecule has 0 saturated carbocycles.